The number of allylic oxidation sites excluding steroid dienone is 1. The molecule has 20 heavy (non-hydrogen) atoms. The van der Waals surface area contributed by atoms with Gasteiger partial charge < -0.3 is 9.84 Å². The van der Waals surface area contributed by atoms with Gasteiger partial charge in [0.05, 0.1) is 12.7 Å². The van der Waals surface area contributed by atoms with Gasteiger partial charge in [-0.3, -0.25) is 9.59 Å². The molecule has 0 aliphatic heterocycles. The van der Waals surface area contributed by atoms with Crippen LogP contribution in [0.4, 0.5) is 0 Å². The SMILES string of the molecule is CC(=O)OC[C@@H](C)/C=C/C(=O)[C@]1(C)C[C@@H](O)CC1(C)C. The number of rotatable bonds is 5. The van der Waals surface area contributed by atoms with Gasteiger partial charge in [-0.25, -0.2) is 0 Å². The normalized spacial score (nSPS) is 30.4. The maximum atomic E-state index is 12.5. The van der Waals surface area contributed by atoms with Crippen LogP contribution < -0.4 is 0 Å². The van der Waals surface area contributed by atoms with Gasteiger partial charge in [0.15, 0.2) is 5.78 Å². The third-order valence-electron chi connectivity index (χ3n) is 4.55. The van der Waals surface area contributed by atoms with Crippen molar-refractivity contribution in [3.63, 3.8) is 0 Å². The molecule has 0 bridgehead atoms. The molecule has 0 saturated heterocycles. The number of carbonyl (C=O) groups is 2. The van der Waals surface area contributed by atoms with Crippen LogP contribution in [0.5, 0.6) is 0 Å². The zero-order chi connectivity index (χ0) is 15.6. The van der Waals surface area contributed by atoms with Crippen molar-refractivity contribution in [1.29, 1.82) is 0 Å². The van der Waals surface area contributed by atoms with Gasteiger partial charge >= 0.3 is 5.97 Å². The van der Waals surface area contributed by atoms with Crippen LogP contribution >= 0.6 is 0 Å². The monoisotopic (exact) mass is 282 g/mol. The molecule has 1 saturated carbocycles. The van der Waals surface area contributed by atoms with Crippen LogP contribution in [0.3, 0.4) is 0 Å². The lowest BCUT2D eigenvalue weighted by atomic mass is 9.66. The lowest BCUT2D eigenvalue weighted by molar-refractivity contribution is -0.141. The van der Waals surface area contributed by atoms with E-state index in [1.807, 2.05) is 27.7 Å². The fourth-order valence-corrected chi connectivity index (χ4v) is 2.81. The Hall–Kier alpha value is -1.16. The second-order valence-electron chi connectivity index (χ2n) is 6.78. The summed E-state index contributed by atoms with van der Waals surface area (Å²) in [5.41, 5.74) is -0.753. The van der Waals surface area contributed by atoms with E-state index in [4.69, 9.17) is 4.74 Å². The minimum atomic E-state index is -0.538. The van der Waals surface area contributed by atoms with E-state index in [1.165, 1.54) is 6.92 Å². The molecule has 0 heterocycles. The highest BCUT2D eigenvalue weighted by Gasteiger charge is 2.52. The van der Waals surface area contributed by atoms with E-state index in [-0.39, 0.29) is 29.7 Å². The van der Waals surface area contributed by atoms with Crippen molar-refractivity contribution in [1.82, 2.24) is 0 Å². The van der Waals surface area contributed by atoms with Gasteiger partial charge in [-0.1, -0.05) is 33.8 Å². The highest BCUT2D eigenvalue weighted by atomic mass is 16.5. The smallest absolute Gasteiger partial charge is 0.302 e. The Morgan fingerprint density at radius 2 is 1.95 bits per heavy atom. The fourth-order valence-electron chi connectivity index (χ4n) is 2.81. The Morgan fingerprint density at radius 1 is 1.35 bits per heavy atom. The van der Waals surface area contributed by atoms with Crippen molar-refractivity contribution in [3.05, 3.63) is 12.2 Å². The largest absolute Gasteiger partial charge is 0.465 e. The molecular formula is C16H26O4. The summed E-state index contributed by atoms with van der Waals surface area (Å²) in [5, 5.41) is 9.84. The predicted molar refractivity (Wildman–Crippen MR) is 77.1 cm³/mol. The van der Waals surface area contributed by atoms with Gasteiger partial charge in [0, 0.05) is 18.3 Å². The topological polar surface area (TPSA) is 63.6 Å². The molecule has 4 nitrogen and oxygen atoms in total. The van der Waals surface area contributed by atoms with Crippen LogP contribution in [0.1, 0.15) is 47.5 Å². The van der Waals surface area contributed by atoms with Crippen LogP contribution in [-0.2, 0) is 14.3 Å². The maximum Gasteiger partial charge on any atom is 0.302 e. The number of hydrogen-bond donors (Lipinski definition) is 1. The first-order valence-electron chi connectivity index (χ1n) is 7.12. The molecule has 1 rings (SSSR count). The Morgan fingerprint density at radius 3 is 2.40 bits per heavy atom. The third-order valence-corrected chi connectivity index (χ3v) is 4.55. The summed E-state index contributed by atoms with van der Waals surface area (Å²) in [4.78, 5) is 23.2. The summed E-state index contributed by atoms with van der Waals surface area (Å²) in [7, 11) is 0. The van der Waals surface area contributed by atoms with Gasteiger partial charge in [0.2, 0.25) is 0 Å². The van der Waals surface area contributed by atoms with Crippen molar-refractivity contribution in [2.45, 2.75) is 53.6 Å². The number of aliphatic hydroxyl groups is 1. The quantitative estimate of drug-likeness (QED) is 0.621. The average molecular weight is 282 g/mol. The van der Waals surface area contributed by atoms with Gasteiger partial charge in [-0.15, -0.1) is 0 Å². The van der Waals surface area contributed by atoms with E-state index in [2.05, 4.69) is 0 Å². The number of esters is 1. The number of hydrogen-bond acceptors (Lipinski definition) is 4. The Balaban J connectivity index is 2.68. The summed E-state index contributed by atoms with van der Waals surface area (Å²) in [6.45, 7) is 9.51. The molecule has 0 radical (unpaired) electrons. The van der Waals surface area contributed by atoms with Crippen LogP contribution in [0, 0.1) is 16.7 Å². The van der Waals surface area contributed by atoms with Crippen molar-refractivity contribution >= 4 is 11.8 Å². The van der Waals surface area contributed by atoms with Crippen LogP contribution in [-0.4, -0.2) is 29.6 Å². The van der Waals surface area contributed by atoms with Gasteiger partial charge in [0.1, 0.15) is 0 Å². The summed E-state index contributed by atoms with van der Waals surface area (Å²) in [6.07, 6.45) is 4.09. The first kappa shape index (κ1) is 16.9. The van der Waals surface area contributed by atoms with Gasteiger partial charge in [0.25, 0.3) is 0 Å². The van der Waals surface area contributed by atoms with Gasteiger partial charge in [-0.2, -0.15) is 0 Å². The fraction of sp³-hybridized carbons (Fsp3) is 0.750. The van der Waals surface area contributed by atoms with Crippen LogP contribution in [0.2, 0.25) is 0 Å². The second-order valence-corrected chi connectivity index (χ2v) is 6.78. The van der Waals surface area contributed by atoms with E-state index in [1.54, 1.807) is 12.2 Å². The molecular weight excluding hydrogens is 256 g/mol. The first-order valence-corrected chi connectivity index (χ1v) is 7.12. The minimum absolute atomic E-state index is 0.000823. The Bertz CT molecular complexity index is 411. The van der Waals surface area contributed by atoms with E-state index >= 15 is 0 Å². The minimum Gasteiger partial charge on any atom is -0.465 e. The molecule has 0 aromatic carbocycles. The molecule has 1 aliphatic rings. The average Bonchev–Trinajstić information content (AvgIpc) is 2.52. The Labute approximate surface area is 121 Å². The number of ketones is 1. The molecule has 0 amide bonds. The van der Waals surface area contributed by atoms with E-state index in [0.717, 1.165) is 0 Å². The summed E-state index contributed by atoms with van der Waals surface area (Å²) >= 11 is 0. The number of aliphatic hydroxyl groups excluding tert-OH is 1. The first-order chi connectivity index (χ1) is 9.08. The van der Waals surface area contributed by atoms with Crippen molar-refractivity contribution in [2.75, 3.05) is 6.61 Å². The summed E-state index contributed by atoms with van der Waals surface area (Å²) < 4.78 is 4.90. The van der Waals surface area contributed by atoms with Crippen LogP contribution in [0.25, 0.3) is 0 Å². The zero-order valence-corrected chi connectivity index (χ0v) is 13.1. The molecule has 1 N–H and O–H groups in total. The van der Waals surface area contributed by atoms with Crippen molar-refractivity contribution in [3.8, 4) is 0 Å². The second kappa shape index (κ2) is 6.08. The highest BCUT2D eigenvalue weighted by Crippen LogP contribution is 2.53. The van der Waals surface area contributed by atoms with E-state index < -0.39 is 11.5 Å². The lowest BCUT2D eigenvalue weighted by Gasteiger charge is -2.35. The number of ether oxygens (including phenoxy) is 1. The van der Waals surface area contributed by atoms with Crippen LogP contribution in [0.15, 0.2) is 12.2 Å². The molecule has 3 atom stereocenters. The van der Waals surface area contributed by atoms with E-state index in [9.17, 15) is 14.7 Å². The zero-order valence-electron chi connectivity index (χ0n) is 13.1. The molecule has 1 fully saturated rings. The lowest BCUT2D eigenvalue weighted by Crippen LogP contribution is -2.36. The standard InChI is InChI=1S/C16H26O4/c1-11(10-20-12(2)17)6-7-14(19)16(5)9-13(18)8-15(16,3)4/h6-7,11,13,18H,8-10H2,1-5H3/b7-6+/t11-,13-,16-/m0/s1. The van der Waals surface area contributed by atoms with Gasteiger partial charge in [-0.05, 0) is 24.3 Å². The number of carbonyl (C=O) groups excluding carboxylic acids is 2. The third kappa shape index (κ3) is 3.69. The molecule has 0 unspecified atom stereocenters. The predicted octanol–water partition coefficient (Wildman–Crippen LogP) is 2.50. The molecule has 1 aliphatic carbocycles. The summed E-state index contributed by atoms with van der Waals surface area (Å²) in [6, 6.07) is 0. The van der Waals surface area contributed by atoms with Crippen molar-refractivity contribution < 1.29 is 19.4 Å². The molecule has 4 heteroatoms. The van der Waals surface area contributed by atoms with E-state index in [0.29, 0.717) is 12.8 Å². The molecule has 0 aromatic rings. The molecule has 114 valence electrons. The molecule has 0 aromatic heterocycles. The summed E-state index contributed by atoms with van der Waals surface area (Å²) in [5.74, 6) is -0.279. The van der Waals surface area contributed by atoms with Crippen molar-refractivity contribution in [2.24, 2.45) is 16.7 Å². The maximum absolute atomic E-state index is 12.5. The Kier molecular flexibility index (Phi) is 5.14. The highest BCUT2D eigenvalue weighted by molar-refractivity contribution is 5.95. The molecule has 0 spiro atoms.